The first kappa shape index (κ1) is 21.6. The molecule has 1 amide bonds. The zero-order valence-corrected chi connectivity index (χ0v) is 18.2. The minimum absolute atomic E-state index is 0.150. The average molecular weight is 425 g/mol. The standard InChI is InChI=1S/C23H24N2O4S/c1-5-29-23(27)16-9-11-17(12-10-16)24-22(26)15(3)30-20-13-14(2)18-7-6-8-19(28-4)21(18)25-20/h6-13,15H,5H2,1-4H3,(H,24,26). The fourth-order valence-corrected chi connectivity index (χ4v) is 3.89. The Balaban J connectivity index is 1.70. The Hall–Kier alpha value is -3.06. The van der Waals surface area contributed by atoms with Crippen LogP contribution in [0.25, 0.3) is 10.9 Å². The van der Waals surface area contributed by atoms with E-state index in [1.165, 1.54) is 11.8 Å². The quantitative estimate of drug-likeness (QED) is 0.432. The summed E-state index contributed by atoms with van der Waals surface area (Å²) in [5.41, 5.74) is 2.92. The highest BCUT2D eigenvalue weighted by Crippen LogP contribution is 2.31. The predicted octanol–water partition coefficient (Wildman–Crippen LogP) is 4.85. The van der Waals surface area contributed by atoms with Gasteiger partial charge in [-0.05, 0) is 62.7 Å². The van der Waals surface area contributed by atoms with Crippen LogP contribution in [0.3, 0.4) is 0 Å². The molecule has 1 N–H and O–H groups in total. The number of methoxy groups -OCH3 is 1. The van der Waals surface area contributed by atoms with Gasteiger partial charge in [0.05, 0.1) is 29.6 Å². The molecule has 0 fully saturated rings. The third-order valence-electron chi connectivity index (χ3n) is 4.54. The lowest BCUT2D eigenvalue weighted by Gasteiger charge is -2.14. The number of aromatic nitrogens is 1. The summed E-state index contributed by atoms with van der Waals surface area (Å²) in [4.78, 5) is 29.1. The number of ether oxygens (including phenoxy) is 2. The van der Waals surface area contributed by atoms with Crippen LogP contribution in [0.4, 0.5) is 5.69 Å². The van der Waals surface area contributed by atoms with E-state index in [9.17, 15) is 9.59 Å². The molecule has 156 valence electrons. The molecule has 1 atom stereocenters. The van der Waals surface area contributed by atoms with E-state index in [4.69, 9.17) is 14.5 Å². The third-order valence-corrected chi connectivity index (χ3v) is 5.55. The molecule has 7 heteroatoms. The number of esters is 1. The van der Waals surface area contributed by atoms with Crippen molar-refractivity contribution in [2.75, 3.05) is 19.0 Å². The van der Waals surface area contributed by atoms with Gasteiger partial charge in [0.25, 0.3) is 0 Å². The molecule has 0 saturated carbocycles. The van der Waals surface area contributed by atoms with E-state index in [0.717, 1.165) is 21.5 Å². The molecule has 0 bridgehead atoms. The second-order valence-corrected chi connectivity index (χ2v) is 8.04. The van der Waals surface area contributed by atoms with E-state index in [1.54, 1.807) is 38.3 Å². The number of hydrogen-bond donors (Lipinski definition) is 1. The van der Waals surface area contributed by atoms with Gasteiger partial charge in [-0.3, -0.25) is 4.79 Å². The molecule has 1 aromatic heterocycles. The Morgan fingerprint density at radius 1 is 1.17 bits per heavy atom. The highest BCUT2D eigenvalue weighted by Gasteiger charge is 2.17. The molecule has 0 aliphatic heterocycles. The van der Waals surface area contributed by atoms with E-state index >= 15 is 0 Å². The molecule has 0 aliphatic carbocycles. The maximum Gasteiger partial charge on any atom is 0.338 e. The molecule has 3 rings (SSSR count). The van der Waals surface area contributed by atoms with Crippen molar-refractivity contribution in [1.29, 1.82) is 0 Å². The van der Waals surface area contributed by atoms with E-state index in [-0.39, 0.29) is 17.1 Å². The number of rotatable bonds is 7. The Morgan fingerprint density at radius 2 is 1.90 bits per heavy atom. The van der Waals surface area contributed by atoms with Gasteiger partial charge >= 0.3 is 5.97 Å². The van der Waals surface area contributed by atoms with Gasteiger partial charge < -0.3 is 14.8 Å². The number of hydrogen-bond acceptors (Lipinski definition) is 6. The van der Waals surface area contributed by atoms with Crippen molar-refractivity contribution >= 4 is 40.2 Å². The van der Waals surface area contributed by atoms with Gasteiger partial charge in [-0.2, -0.15) is 0 Å². The smallest absolute Gasteiger partial charge is 0.338 e. The van der Waals surface area contributed by atoms with Crippen LogP contribution in [0.15, 0.2) is 53.6 Å². The third kappa shape index (κ3) is 4.91. The molecule has 1 heterocycles. The lowest BCUT2D eigenvalue weighted by molar-refractivity contribution is -0.115. The first-order valence-electron chi connectivity index (χ1n) is 9.62. The van der Waals surface area contributed by atoms with Gasteiger partial charge in [-0.25, -0.2) is 9.78 Å². The van der Waals surface area contributed by atoms with Crippen molar-refractivity contribution in [3.8, 4) is 5.75 Å². The van der Waals surface area contributed by atoms with Crippen LogP contribution in [-0.4, -0.2) is 35.8 Å². The average Bonchev–Trinajstić information content (AvgIpc) is 2.74. The number of amides is 1. The van der Waals surface area contributed by atoms with Crippen LogP contribution >= 0.6 is 11.8 Å². The Kier molecular flexibility index (Phi) is 6.95. The second kappa shape index (κ2) is 9.63. The molecular formula is C23H24N2O4S. The number of benzene rings is 2. The predicted molar refractivity (Wildman–Crippen MR) is 119 cm³/mol. The molecule has 0 radical (unpaired) electrons. The molecule has 0 saturated heterocycles. The SMILES string of the molecule is CCOC(=O)c1ccc(NC(=O)C(C)Sc2cc(C)c3cccc(OC)c3n2)cc1. The second-order valence-electron chi connectivity index (χ2n) is 6.68. The number of carbonyl (C=O) groups excluding carboxylic acids is 2. The van der Waals surface area contributed by atoms with Crippen LogP contribution in [0.1, 0.15) is 29.8 Å². The minimum Gasteiger partial charge on any atom is -0.494 e. The summed E-state index contributed by atoms with van der Waals surface area (Å²) in [6.45, 7) is 5.92. The van der Waals surface area contributed by atoms with Crippen molar-refractivity contribution in [2.45, 2.75) is 31.0 Å². The molecular weight excluding hydrogens is 400 g/mol. The van der Waals surface area contributed by atoms with Gasteiger partial charge in [0.1, 0.15) is 11.3 Å². The minimum atomic E-state index is -0.382. The number of nitrogens with zero attached hydrogens (tertiary/aromatic N) is 1. The Labute approximate surface area is 180 Å². The van der Waals surface area contributed by atoms with Crippen molar-refractivity contribution in [1.82, 2.24) is 4.98 Å². The molecule has 6 nitrogen and oxygen atoms in total. The summed E-state index contributed by atoms with van der Waals surface area (Å²) in [6.07, 6.45) is 0. The van der Waals surface area contributed by atoms with Crippen LogP contribution in [-0.2, 0) is 9.53 Å². The first-order chi connectivity index (χ1) is 14.4. The lowest BCUT2D eigenvalue weighted by atomic mass is 10.1. The van der Waals surface area contributed by atoms with Gasteiger partial charge in [0, 0.05) is 11.1 Å². The fraction of sp³-hybridized carbons (Fsp3) is 0.261. The summed E-state index contributed by atoms with van der Waals surface area (Å²) < 4.78 is 10.4. The van der Waals surface area contributed by atoms with E-state index in [2.05, 4.69) is 5.32 Å². The van der Waals surface area contributed by atoms with Gasteiger partial charge in [-0.15, -0.1) is 0 Å². The molecule has 3 aromatic rings. The summed E-state index contributed by atoms with van der Waals surface area (Å²) in [6, 6.07) is 14.4. The zero-order valence-electron chi connectivity index (χ0n) is 17.4. The summed E-state index contributed by atoms with van der Waals surface area (Å²) in [5, 5.41) is 4.28. The van der Waals surface area contributed by atoms with Gasteiger partial charge in [0.15, 0.2) is 0 Å². The maximum absolute atomic E-state index is 12.6. The van der Waals surface area contributed by atoms with Crippen LogP contribution in [0.2, 0.25) is 0 Å². The zero-order chi connectivity index (χ0) is 21.7. The van der Waals surface area contributed by atoms with Crippen LogP contribution < -0.4 is 10.1 Å². The number of carbonyl (C=O) groups is 2. The van der Waals surface area contributed by atoms with Crippen LogP contribution in [0.5, 0.6) is 5.75 Å². The number of pyridine rings is 1. The monoisotopic (exact) mass is 424 g/mol. The summed E-state index contributed by atoms with van der Waals surface area (Å²) in [7, 11) is 1.62. The van der Waals surface area contributed by atoms with Crippen molar-refractivity contribution < 1.29 is 19.1 Å². The Bertz CT molecular complexity index is 1070. The number of aryl methyl sites for hydroxylation is 1. The fourth-order valence-electron chi connectivity index (χ4n) is 2.97. The van der Waals surface area contributed by atoms with Crippen molar-refractivity contribution in [3.63, 3.8) is 0 Å². The van der Waals surface area contributed by atoms with Gasteiger partial charge in [-0.1, -0.05) is 23.9 Å². The van der Waals surface area contributed by atoms with Crippen LogP contribution in [0, 0.1) is 6.92 Å². The lowest BCUT2D eigenvalue weighted by Crippen LogP contribution is -2.22. The number of para-hydroxylation sites is 1. The normalized spacial score (nSPS) is 11.7. The summed E-state index contributed by atoms with van der Waals surface area (Å²) in [5.74, 6) is 0.174. The topological polar surface area (TPSA) is 77.5 Å². The maximum atomic E-state index is 12.6. The van der Waals surface area contributed by atoms with Gasteiger partial charge in [0.2, 0.25) is 5.91 Å². The molecule has 0 aliphatic rings. The molecule has 0 spiro atoms. The van der Waals surface area contributed by atoms with E-state index < -0.39 is 0 Å². The Morgan fingerprint density at radius 3 is 2.57 bits per heavy atom. The van der Waals surface area contributed by atoms with E-state index in [1.807, 2.05) is 38.1 Å². The summed E-state index contributed by atoms with van der Waals surface area (Å²) >= 11 is 1.38. The number of nitrogens with one attached hydrogen (secondary N) is 1. The molecule has 2 aromatic carbocycles. The van der Waals surface area contributed by atoms with E-state index in [0.29, 0.717) is 23.6 Å². The number of fused-ring (bicyclic) bond motifs is 1. The molecule has 30 heavy (non-hydrogen) atoms. The first-order valence-corrected chi connectivity index (χ1v) is 10.5. The highest BCUT2D eigenvalue weighted by atomic mass is 32.2. The molecule has 1 unspecified atom stereocenters. The number of anilines is 1. The number of thioether (sulfide) groups is 1. The van der Waals surface area contributed by atoms with Crippen molar-refractivity contribution in [2.24, 2.45) is 0 Å². The highest BCUT2D eigenvalue weighted by molar-refractivity contribution is 8.00. The largest absolute Gasteiger partial charge is 0.494 e. The van der Waals surface area contributed by atoms with Crippen molar-refractivity contribution in [3.05, 3.63) is 59.7 Å².